The van der Waals surface area contributed by atoms with Gasteiger partial charge in [-0.2, -0.15) is 14.6 Å². The standard InChI is InChI=1S/C17H19N5/c1-11-4-6-14(7-5-11)13(3)21-9-8-15-12(2)20-17-18-10-19-22(17)16(15)21/h4-7,10,13H,8-9H2,1-3H3/t13-/m0/s1. The summed E-state index contributed by atoms with van der Waals surface area (Å²) in [6.07, 6.45) is 2.59. The van der Waals surface area contributed by atoms with Crippen LogP contribution in [0.25, 0.3) is 5.78 Å². The van der Waals surface area contributed by atoms with Gasteiger partial charge in [0.25, 0.3) is 5.78 Å². The Balaban J connectivity index is 1.82. The molecule has 4 rings (SSSR count). The zero-order valence-electron chi connectivity index (χ0n) is 13.1. The Hall–Kier alpha value is -2.43. The third-order valence-electron chi connectivity index (χ3n) is 4.61. The predicted molar refractivity (Wildman–Crippen MR) is 86.2 cm³/mol. The quantitative estimate of drug-likeness (QED) is 0.729. The van der Waals surface area contributed by atoms with Crippen molar-refractivity contribution in [1.82, 2.24) is 19.6 Å². The van der Waals surface area contributed by atoms with Crippen molar-refractivity contribution in [3.05, 3.63) is 53.0 Å². The van der Waals surface area contributed by atoms with Gasteiger partial charge in [0.05, 0.1) is 6.04 Å². The Bertz CT molecular complexity index is 834. The molecular formula is C17H19N5. The summed E-state index contributed by atoms with van der Waals surface area (Å²) in [4.78, 5) is 11.2. The van der Waals surface area contributed by atoms with Crippen LogP contribution in [0.15, 0.2) is 30.6 Å². The SMILES string of the molecule is Cc1ccc([C@H](C)N2CCc3c(C)nc4ncnn4c32)cc1. The summed E-state index contributed by atoms with van der Waals surface area (Å²) in [5.74, 6) is 1.83. The van der Waals surface area contributed by atoms with E-state index in [1.165, 1.54) is 16.7 Å². The van der Waals surface area contributed by atoms with Gasteiger partial charge in [-0.1, -0.05) is 29.8 Å². The zero-order chi connectivity index (χ0) is 15.3. The molecule has 3 aromatic rings. The highest BCUT2D eigenvalue weighted by Gasteiger charge is 2.29. The molecule has 1 aliphatic heterocycles. The van der Waals surface area contributed by atoms with E-state index in [0.717, 1.165) is 24.5 Å². The van der Waals surface area contributed by atoms with Crippen molar-refractivity contribution >= 4 is 11.6 Å². The second kappa shape index (κ2) is 4.80. The topological polar surface area (TPSA) is 46.3 Å². The number of benzene rings is 1. The molecule has 5 nitrogen and oxygen atoms in total. The molecule has 112 valence electrons. The highest BCUT2D eigenvalue weighted by molar-refractivity contribution is 5.59. The fourth-order valence-corrected chi connectivity index (χ4v) is 3.30. The molecular weight excluding hydrogens is 274 g/mol. The molecule has 0 saturated carbocycles. The summed E-state index contributed by atoms with van der Waals surface area (Å²) in [7, 11) is 0. The van der Waals surface area contributed by atoms with Gasteiger partial charge in [-0.05, 0) is 32.8 Å². The van der Waals surface area contributed by atoms with Crippen molar-refractivity contribution in [2.45, 2.75) is 33.2 Å². The Labute approximate surface area is 129 Å². The molecule has 3 heterocycles. The summed E-state index contributed by atoms with van der Waals surface area (Å²) in [5, 5.41) is 4.37. The summed E-state index contributed by atoms with van der Waals surface area (Å²) >= 11 is 0. The van der Waals surface area contributed by atoms with Gasteiger partial charge in [0.2, 0.25) is 0 Å². The van der Waals surface area contributed by atoms with E-state index in [-0.39, 0.29) is 0 Å². The summed E-state index contributed by atoms with van der Waals surface area (Å²) in [6.45, 7) is 7.42. The van der Waals surface area contributed by atoms with Gasteiger partial charge in [0.15, 0.2) is 0 Å². The van der Waals surface area contributed by atoms with Crippen LogP contribution in [0.4, 0.5) is 5.82 Å². The average molecular weight is 293 g/mol. The van der Waals surface area contributed by atoms with E-state index < -0.39 is 0 Å². The van der Waals surface area contributed by atoms with E-state index in [0.29, 0.717) is 11.8 Å². The molecule has 22 heavy (non-hydrogen) atoms. The Morgan fingerprint density at radius 1 is 1.14 bits per heavy atom. The minimum atomic E-state index is 0.302. The second-order valence-corrected chi connectivity index (χ2v) is 6.00. The number of aromatic nitrogens is 4. The van der Waals surface area contributed by atoms with E-state index in [2.05, 4.69) is 65.0 Å². The molecule has 0 radical (unpaired) electrons. The molecule has 1 aromatic carbocycles. The first kappa shape index (κ1) is 13.2. The van der Waals surface area contributed by atoms with Crippen molar-refractivity contribution in [2.75, 3.05) is 11.4 Å². The summed E-state index contributed by atoms with van der Waals surface area (Å²) in [6, 6.07) is 9.07. The molecule has 0 unspecified atom stereocenters. The van der Waals surface area contributed by atoms with E-state index in [4.69, 9.17) is 0 Å². The first-order valence-electron chi connectivity index (χ1n) is 7.67. The lowest BCUT2D eigenvalue weighted by Gasteiger charge is -2.27. The van der Waals surface area contributed by atoms with Crippen LogP contribution >= 0.6 is 0 Å². The van der Waals surface area contributed by atoms with E-state index >= 15 is 0 Å². The van der Waals surface area contributed by atoms with Gasteiger partial charge in [-0.3, -0.25) is 0 Å². The number of fused-ring (bicyclic) bond motifs is 3. The second-order valence-electron chi connectivity index (χ2n) is 6.00. The van der Waals surface area contributed by atoms with E-state index in [1.54, 1.807) is 6.33 Å². The Morgan fingerprint density at radius 3 is 2.68 bits per heavy atom. The number of rotatable bonds is 2. The third-order valence-corrected chi connectivity index (χ3v) is 4.61. The Morgan fingerprint density at radius 2 is 1.91 bits per heavy atom. The van der Waals surface area contributed by atoms with Crippen LogP contribution in [0.5, 0.6) is 0 Å². The normalized spacial score (nSPS) is 15.3. The predicted octanol–water partition coefficient (Wildman–Crippen LogP) is 2.86. The molecule has 2 aromatic heterocycles. The third kappa shape index (κ3) is 1.89. The van der Waals surface area contributed by atoms with E-state index in [9.17, 15) is 0 Å². The van der Waals surface area contributed by atoms with Crippen molar-refractivity contribution in [3.8, 4) is 0 Å². The van der Waals surface area contributed by atoms with Crippen molar-refractivity contribution < 1.29 is 0 Å². The van der Waals surface area contributed by atoms with Crippen LogP contribution in [0.1, 0.15) is 35.3 Å². The largest absolute Gasteiger partial charge is 0.349 e. The first-order chi connectivity index (χ1) is 10.6. The van der Waals surface area contributed by atoms with Crippen LogP contribution in [-0.4, -0.2) is 26.1 Å². The van der Waals surface area contributed by atoms with Gasteiger partial charge in [0.1, 0.15) is 12.1 Å². The fourth-order valence-electron chi connectivity index (χ4n) is 3.30. The molecule has 1 atom stereocenters. The van der Waals surface area contributed by atoms with Gasteiger partial charge < -0.3 is 4.90 Å². The minimum Gasteiger partial charge on any atom is -0.349 e. The molecule has 0 fully saturated rings. The molecule has 1 aliphatic rings. The number of nitrogens with zero attached hydrogens (tertiary/aromatic N) is 5. The maximum Gasteiger partial charge on any atom is 0.254 e. The summed E-state index contributed by atoms with van der Waals surface area (Å²) in [5.41, 5.74) is 4.96. The molecule has 0 saturated heterocycles. The number of hydrogen-bond donors (Lipinski definition) is 0. The van der Waals surface area contributed by atoms with Gasteiger partial charge in [-0.25, -0.2) is 4.98 Å². The van der Waals surface area contributed by atoms with Gasteiger partial charge >= 0.3 is 0 Å². The van der Waals surface area contributed by atoms with Crippen LogP contribution in [-0.2, 0) is 6.42 Å². The van der Waals surface area contributed by atoms with Crippen molar-refractivity contribution in [2.24, 2.45) is 0 Å². The Kier molecular flexibility index (Phi) is 2.89. The van der Waals surface area contributed by atoms with Crippen molar-refractivity contribution in [3.63, 3.8) is 0 Å². The maximum absolute atomic E-state index is 4.55. The highest BCUT2D eigenvalue weighted by atomic mass is 15.4. The molecule has 5 heteroatoms. The van der Waals surface area contributed by atoms with Crippen LogP contribution in [0.3, 0.4) is 0 Å². The highest BCUT2D eigenvalue weighted by Crippen LogP contribution is 2.35. The molecule has 0 amide bonds. The fraction of sp³-hybridized carbons (Fsp3) is 0.353. The van der Waals surface area contributed by atoms with E-state index in [1.807, 2.05) is 4.52 Å². The van der Waals surface area contributed by atoms with Gasteiger partial charge in [0, 0.05) is 17.8 Å². The number of aryl methyl sites for hydroxylation is 2. The number of hydrogen-bond acceptors (Lipinski definition) is 4. The van der Waals surface area contributed by atoms with Gasteiger partial charge in [-0.15, -0.1) is 0 Å². The maximum atomic E-state index is 4.55. The van der Waals surface area contributed by atoms with Crippen molar-refractivity contribution in [1.29, 1.82) is 0 Å². The molecule has 0 bridgehead atoms. The first-order valence-corrected chi connectivity index (χ1v) is 7.67. The lowest BCUT2D eigenvalue weighted by molar-refractivity contribution is 0.678. The smallest absolute Gasteiger partial charge is 0.254 e. The molecule has 0 N–H and O–H groups in total. The monoisotopic (exact) mass is 293 g/mol. The summed E-state index contributed by atoms with van der Waals surface area (Å²) < 4.78 is 1.88. The van der Waals surface area contributed by atoms with Crippen LogP contribution in [0, 0.1) is 13.8 Å². The molecule has 0 spiro atoms. The zero-order valence-corrected chi connectivity index (χ0v) is 13.1. The average Bonchev–Trinajstić information content (AvgIpc) is 3.13. The lowest BCUT2D eigenvalue weighted by atomic mass is 10.1. The molecule has 0 aliphatic carbocycles. The number of anilines is 1. The van der Waals surface area contributed by atoms with Crippen LogP contribution in [0.2, 0.25) is 0 Å². The lowest BCUT2D eigenvalue weighted by Crippen LogP contribution is -2.26. The van der Waals surface area contributed by atoms with Crippen LogP contribution < -0.4 is 4.90 Å². The minimum absolute atomic E-state index is 0.302.